The fourth-order valence-corrected chi connectivity index (χ4v) is 1.06. The van der Waals surface area contributed by atoms with Gasteiger partial charge in [-0.25, -0.2) is 0 Å². The molecule has 0 fully saturated rings. The lowest BCUT2D eigenvalue weighted by Gasteiger charge is -2.04. The number of carbonyl (C=O) groups is 1. The van der Waals surface area contributed by atoms with Crippen molar-refractivity contribution >= 4 is 11.7 Å². The normalized spacial score (nSPS) is 9.79. The Balaban J connectivity index is 2.52. The van der Waals surface area contributed by atoms with Crippen molar-refractivity contribution in [1.29, 1.82) is 0 Å². The second-order valence-corrected chi connectivity index (χ2v) is 2.82. The summed E-state index contributed by atoms with van der Waals surface area (Å²) in [4.78, 5) is 11.1. The van der Waals surface area contributed by atoms with E-state index < -0.39 is 0 Å². The third-order valence-corrected chi connectivity index (χ3v) is 1.74. The highest BCUT2D eigenvalue weighted by atomic mass is 16.5. The average molecular weight is 195 g/mol. The Morgan fingerprint density at radius 2 is 2.14 bits per heavy atom. The smallest absolute Gasteiger partial charge is 0.310 e. The number of para-hydroxylation sites is 1. The van der Waals surface area contributed by atoms with Crippen LogP contribution in [0.4, 0.5) is 5.69 Å². The van der Waals surface area contributed by atoms with Gasteiger partial charge in [0.15, 0.2) is 0 Å². The van der Waals surface area contributed by atoms with Gasteiger partial charge in [-0.15, -0.1) is 0 Å². The third-order valence-electron chi connectivity index (χ3n) is 1.74. The van der Waals surface area contributed by atoms with Gasteiger partial charge in [-0.05, 0) is 11.6 Å². The Hall–Kier alpha value is -1.55. The molecule has 0 unspecified atom stereocenters. The summed E-state index contributed by atoms with van der Waals surface area (Å²) in [6, 6.07) is 7.12. The SMILES string of the molecule is Nc1ccccc1CC(=O)OCCO. The summed E-state index contributed by atoms with van der Waals surface area (Å²) in [5, 5.41) is 8.43. The van der Waals surface area contributed by atoms with Crippen molar-refractivity contribution in [3.8, 4) is 0 Å². The first kappa shape index (κ1) is 10.5. The van der Waals surface area contributed by atoms with E-state index in [1.807, 2.05) is 6.07 Å². The molecule has 0 aliphatic rings. The van der Waals surface area contributed by atoms with E-state index in [1.165, 1.54) is 0 Å². The number of nitrogen functional groups attached to an aromatic ring is 1. The molecule has 0 radical (unpaired) electrons. The van der Waals surface area contributed by atoms with Crippen LogP contribution in [-0.2, 0) is 16.0 Å². The van der Waals surface area contributed by atoms with E-state index >= 15 is 0 Å². The van der Waals surface area contributed by atoms with Crippen LogP contribution in [0.25, 0.3) is 0 Å². The molecule has 0 aromatic heterocycles. The van der Waals surface area contributed by atoms with Gasteiger partial charge in [0.2, 0.25) is 0 Å². The van der Waals surface area contributed by atoms with Crippen LogP contribution < -0.4 is 5.73 Å². The van der Waals surface area contributed by atoms with Crippen LogP contribution in [0.5, 0.6) is 0 Å². The maximum Gasteiger partial charge on any atom is 0.310 e. The highest BCUT2D eigenvalue weighted by Crippen LogP contribution is 2.11. The van der Waals surface area contributed by atoms with Crippen LogP contribution in [0, 0.1) is 0 Å². The fraction of sp³-hybridized carbons (Fsp3) is 0.300. The Morgan fingerprint density at radius 3 is 2.79 bits per heavy atom. The maximum atomic E-state index is 11.1. The first-order valence-electron chi connectivity index (χ1n) is 4.34. The van der Waals surface area contributed by atoms with Crippen molar-refractivity contribution in [3.63, 3.8) is 0 Å². The van der Waals surface area contributed by atoms with Crippen LogP contribution in [0.3, 0.4) is 0 Å². The molecule has 1 aromatic rings. The largest absolute Gasteiger partial charge is 0.463 e. The highest BCUT2D eigenvalue weighted by Gasteiger charge is 2.06. The predicted octanol–water partition coefficient (Wildman–Crippen LogP) is 0.347. The zero-order valence-electron chi connectivity index (χ0n) is 7.77. The van der Waals surface area contributed by atoms with E-state index in [4.69, 9.17) is 15.6 Å². The maximum absolute atomic E-state index is 11.1. The van der Waals surface area contributed by atoms with Gasteiger partial charge in [-0.2, -0.15) is 0 Å². The second-order valence-electron chi connectivity index (χ2n) is 2.82. The van der Waals surface area contributed by atoms with Gasteiger partial charge in [-0.3, -0.25) is 4.79 Å². The first-order valence-corrected chi connectivity index (χ1v) is 4.34. The molecular weight excluding hydrogens is 182 g/mol. The average Bonchev–Trinajstić information content (AvgIpc) is 2.18. The molecule has 0 atom stereocenters. The van der Waals surface area contributed by atoms with Crippen molar-refractivity contribution < 1.29 is 14.6 Å². The number of aliphatic hydroxyl groups excluding tert-OH is 1. The zero-order valence-corrected chi connectivity index (χ0v) is 7.77. The van der Waals surface area contributed by atoms with Crippen molar-refractivity contribution in [3.05, 3.63) is 29.8 Å². The predicted molar refractivity (Wildman–Crippen MR) is 52.6 cm³/mol. The summed E-state index contributed by atoms with van der Waals surface area (Å²) in [7, 11) is 0. The molecule has 0 aliphatic carbocycles. The number of carbonyl (C=O) groups excluding carboxylic acids is 1. The van der Waals surface area contributed by atoms with E-state index in [-0.39, 0.29) is 25.6 Å². The molecule has 0 amide bonds. The topological polar surface area (TPSA) is 72.6 Å². The first-order chi connectivity index (χ1) is 6.74. The highest BCUT2D eigenvalue weighted by molar-refractivity contribution is 5.74. The van der Waals surface area contributed by atoms with E-state index in [0.717, 1.165) is 5.56 Å². The minimum Gasteiger partial charge on any atom is -0.463 e. The Kier molecular flexibility index (Phi) is 3.94. The third kappa shape index (κ3) is 3.06. The monoisotopic (exact) mass is 195 g/mol. The molecule has 14 heavy (non-hydrogen) atoms. The molecule has 4 heteroatoms. The van der Waals surface area contributed by atoms with E-state index in [1.54, 1.807) is 18.2 Å². The van der Waals surface area contributed by atoms with Crippen LogP contribution >= 0.6 is 0 Å². The quantitative estimate of drug-likeness (QED) is 0.537. The molecule has 0 aliphatic heterocycles. The van der Waals surface area contributed by atoms with E-state index in [9.17, 15) is 4.79 Å². The van der Waals surface area contributed by atoms with Crippen molar-refractivity contribution in [2.75, 3.05) is 18.9 Å². The Morgan fingerprint density at radius 1 is 1.43 bits per heavy atom. The fourth-order valence-electron chi connectivity index (χ4n) is 1.06. The molecule has 0 spiro atoms. The second kappa shape index (κ2) is 5.24. The molecule has 3 N–H and O–H groups in total. The number of hydrogen-bond donors (Lipinski definition) is 2. The lowest BCUT2D eigenvalue weighted by atomic mass is 10.1. The van der Waals surface area contributed by atoms with Gasteiger partial charge < -0.3 is 15.6 Å². The molecule has 0 bridgehead atoms. The van der Waals surface area contributed by atoms with E-state index in [0.29, 0.717) is 5.69 Å². The minimum atomic E-state index is -0.378. The molecule has 0 saturated heterocycles. The van der Waals surface area contributed by atoms with Crippen molar-refractivity contribution in [2.45, 2.75) is 6.42 Å². The summed E-state index contributed by atoms with van der Waals surface area (Å²) in [5.41, 5.74) is 6.96. The van der Waals surface area contributed by atoms with Crippen LogP contribution in [0.15, 0.2) is 24.3 Å². The van der Waals surface area contributed by atoms with Crippen molar-refractivity contribution in [2.24, 2.45) is 0 Å². The van der Waals surface area contributed by atoms with Gasteiger partial charge in [0.25, 0.3) is 0 Å². The number of hydrogen-bond acceptors (Lipinski definition) is 4. The number of aliphatic hydroxyl groups is 1. The number of ether oxygens (including phenoxy) is 1. The molecule has 0 saturated carbocycles. The number of rotatable bonds is 4. The summed E-state index contributed by atoms with van der Waals surface area (Å²) in [6.07, 6.45) is 0.146. The van der Waals surface area contributed by atoms with Gasteiger partial charge in [0, 0.05) is 5.69 Å². The molecule has 4 nitrogen and oxygen atoms in total. The van der Waals surface area contributed by atoms with Gasteiger partial charge in [0.05, 0.1) is 13.0 Å². The Labute approximate surface area is 82.3 Å². The van der Waals surface area contributed by atoms with E-state index in [2.05, 4.69) is 0 Å². The van der Waals surface area contributed by atoms with Gasteiger partial charge in [0.1, 0.15) is 6.61 Å². The lowest BCUT2D eigenvalue weighted by molar-refractivity contribution is -0.143. The summed E-state index contributed by atoms with van der Waals surface area (Å²) < 4.78 is 4.71. The molecular formula is C10H13NO3. The number of anilines is 1. The molecule has 1 aromatic carbocycles. The minimum absolute atomic E-state index is 0.0333. The molecule has 76 valence electrons. The zero-order chi connectivity index (χ0) is 10.4. The molecule has 1 rings (SSSR count). The summed E-state index contributed by atoms with van der Waals surface area (Å²) in [5.74, 6) is -0.378. The number of esters is 1. The summed E-state index contributed by atoms with van der Waals surface area (Å²) >= 11 is 0. The standard InChI is InChI=1S/C10H13NO3/c11-9-4-2-1-3-8(9)7-10(13)14-6-5-12/h1-4,12H,5-7,11H2. The summed E-state index contributed by atoms with van der Waals surface area (Å²) in [6.45, 7) is -0.123. The number of nitrogens with two attached hydrogens (primary N) is 1. The van der Waals surface area contributed by atoms with Crippen LogP contribution in [-0.4, -0.2) is 24.3 Å². The Bertz CT molecular complexity index is 312. The van der Waals surface area contributed by atoms with Crippen LogP contribution in [0.2, 0.25) is 0 Å². The molecule has 0 heterocycles. The lowest BCUT2D eigenvalue weighted by Crippen LogP contribution is -2.11. The van der Waals surface area contributed by atoms with Gasteiger partial charge in [-0.1, -0.05) is 18.2 Å². The van der Waals surface area contributed by atoms with Gasteiger partial charge >= 0.3 is 5.97 Å². The van der Waals surface area contributed by atoms with Crippen molar-refractivity contribution in [1.82, 2.24) is 0 Å². The number of benzene rings is 1. The van der Waals surface area contributed by atoms with Crippen LogP contribution in [0.1, 0.15) is 5.56 Å².